The average Bonchev–Trinajstić information content (AvgIpc) is 2.61. The van der Waals surface area contributed by atoms with Gasteiger partial charge in [-0.25, -0.2) is 0 Å². The fourth-order valence-corrected chi connectivity index (χ4v) is 2.51. The normalized spacial score (nSPS) is 24.6. The Morgan fingerprint density at radius 3 is 2.59 bits per heavy atom. The number of aliphatic carboxylic acids is 1. The molecule has 1 aliphatic carbocycles. The molecule has 0 aromatic heterocycles. The monoisotopic (exact) mass is 242 g/mol. The van der Waals surface area contributed by atoms with Gasteiger partial charge in [0.25, 0.3) is 0 Å². The number of carboxylic acid groups (broad SMARTS) is 1. The summed E-state index contributed by atoms with van der Waals surface area (Å²) in [6, 6.07) is 0. The van der Waals surface area contributed by atoms with E-state index in [9.17, 15) is 9.59 Å². The van der Waals surface area contributed by atoms with Crippen LogP contribution in [0.2, 0.25) is 0 Å². The number of amides is 1. The van der Waals surface area contributed by atoms with Gasteiger partial charge in [0.15, 0.2) is 0 Å². The first kappa shape index (κ1) is 14.0. The van der Waals surface area contributed by atoms with Crippen LogP contribution in [0.15, 0.2) is 0 Å². The highest BCUT2D eigenvalue weighted by atomic mass is 16.4. The van der Waals surface area contributed by atoms with Crippen LogP contribution in [0.25, 0.3) is 0 Å². The summed E-state index contributed by atoms with van der Waals surface area (Å²) in [5.74, 6) is -0.759. The molecule has 1 amide bonds. The summed E-state index contributed by atoms with van der Waals surface area (Å²) in [4.78, 5) is 22.7. The van der Waals surface area contributed by atoms with Crippen LogP contribution in [-0.2, 0) is 9.59 Å². The van der Waals surface area contributed by atoms with E-state index in [1.54, 1.807) is 13.8 Å². The summed E-state index contributed by atoms with van der Waals surface area (Å²) >= 11 is 0. The van der Waals surface area contributed by atoms with Gasteiger partial charge in [-0.3, -0.25) is 9.59 Å². The predicted octanol–water partition coefficient (Wildman–Crippen LogP) is 0.731. The van der Waals surface area contributed by atoms with Crippen molar-refractivity contribution in [1.29, 1.82) is 0 Å². The summed E-state index contributed by atoms with van der Waals surface area (Å²) in [5.41, 5.74) is 4.93. The molecule has 1 fully saturated rings. The Kier molecular flexibility index (Phi) is 4.51. The molecular formula is C12H22N2O3. The molecule has 4 N–H and O–H groups in total. The molecule has 1 rings (SSSR count). The van der Waals surface area contributed by atoms with E-state index in [0.717, 1.165) is 19.3 Å². The number of nitrogens with one attached hydrogen (secondary N) is 1. The molecule has 0 radical (unpaired) electrons. The quantitative estimate of drug-likeness (QED) is 0.662. The fraction of sp³-hybridized carbons (Fsp3) is 0.833. The maximum absolute atomic E-state index is 12.1. The van der Waals surface area contributed by atoms with Crippen LogP contribution in [0, 0.1) is 11.8 Å². The largest absolute Gasteiger partial charge is 0.481 e. The van der Waals surface area contributed by atoms with Crippen LogP contribution in [-0.4, -0.2) is 29.1 Å². The lowest BCUT2D eigenvalue weighted by molar-refractivity contribution is -0.139. The van der Waals surface area contributed by atoms with E-state index >= 15 is 0 Å². The number of carbonyl (C=O) groups is 2. The predicted molar refractivity (Wildman–Crippen MR) is 64.4 cm³/mol. The van der Waals surface area contributed by atoms with Crippen molar-refractivity contribution in [3.05, 3.63) is 0 Å². The molecule has 1 aliphatic rings. The average molecular weight is 242 g/mol. The lowest BCUT2D eigenvalue weighted by Crippen LogP contribution is -2.48. The number of nitrogens with two attached hydrogens (primary N) is 1. The van der Waals surface area contributed by atoms with Gasteiger partial charge in [0.1, 0.15) is 0 Å². The zero-order valence-electron chi connectivity index (χ0n) is 10.5. The third-order valence-electron chi connectivity index (χ3n) is 3.35. The maximum atomic E-state index is 12.1. The molecule has 2 unspecified atom stereocenters. The minimum atomic E-state index is -0.905. The fourth-order valence-electron chi connectivity index (χ4n) is 2.51. The van der Waals surface area contributed by atoms with Gasteiger partial charge in [-0.15, -0.1) is 0 Å². The molecule has 2 atom stereocenters. The molecule has 0 saturated heterocycles. The topological polar surface area (TPSA) is 92.4 Å². The van der Waals surface area contributed by atoms with Crippen LogP contribution in [0.1, 0.15) is 39.5 Å². The van der Waals surface area contributed by atoms with Gasteiger partial charge in [-0.2, -0.15) is 0 Å². The lowest BCUT2D eigenvalue weighted by atomic mass is 9.93. The molecule has 98 valence electrons. The molecule has 0 spiro atoms. The summed E-state index contributed by atoms with van der Waals surface area (Å²) in [5, 5.41) is 11.6. The lowest BCUT2D eigenvalue weighted by Gasteiger charge is -2.27. The molecule has 17 heavy (non-hydrogen) atoms. The second-order valence-corrected chi connectivity index (χ2v) is 5.48. The van der Waals surface area contributed by atoms with Crippen LogP contribution in [0.5, 0.6) is 0 Å². The van der Waals surface area contributed by atoms with E-state index in [4.69, 9.17) is 10.8 Å². The summed E-state index contributed by atoms with van der Waals surface area (Å²) < 4.78 is 0. The van der Waals surface area contributed by atoms with Crippen molar-refractivity contribution in [2.45, 2.75) is 45.1 Å². The highest BCUT2D eigenvalue weighted by Crippen LogP contribution is 2.31. The minimum absolute atomic E-state index is 0.0481. The van der Waals surface area contributed by atoms with Crippen LogP contribution in [0.4, 0.5) is 0 Å². The first-order valence-corrected chi connectivity index (χ1v) is 6.09. The van der Waals surface area contributed by atoms with Crippen molar-refractivity contribution in [3.63, 3.8) is 0 Å². The highest BCUT2D eigenvalue weighted by Gasteiger charge is 2.34. The summed E-state index contributed by atoms with van der Waals surface area (Å²) in [7, 11) is 0. The SMILES string of the molecule is CC(C)(CC(=O)O)NC(=O)C1CCCC1CN. The van der Waals surface area contributed by atoms with E-state index in [-0.39, 0.29) is 24.2 Å². The number of hydrogen-bond acceptors (Lipinski definition) is 3. The second-order valence-electron chi connectivity index (χ2n) is 5.48. The Hall–Kier alpha value is -1.10. The van der Waals surface area contributed by atoms with Gasteiger partial charge >= 0.3 is 5.97 Å². The van der Waals surface area contributed by atoms with E-state index in [1.807, 2.05) is 0 Å². The van der Waals surface area contributed by atoms with Crippen LogP contribution >= 0.6 is 0 Å². The Labute approximate surface area is 102 Å². The number of hydrogen-bond donors (Lipinski definition) is 3. The Morgan fingerprint density at radius 1 is 1.41 bits per heavy atom. The third kappa shape index (κ3) is 4.00. The Balaban J connectivity index is 2.56. The summed E-state index contributed by atoms with van der Waals surface area (Å²) in [6.45, 7) is 3.98. The van der Waals surface area contributed by atoms with E-state index in [2.05, 4.69) is 5.32 Å². The zero-order chi connectivity index (χ0) is 13.1. The van der Waals surface area contributed by atoms with Gasteiger partial charge in [-0.05, 0) is 39.2 Å². The van der Waals surface area contributed by atoms with Crippen molar-refractivity contribution in [3.8, 4) is 0 Å². The minimum Gasteiger partial charge on any atom is -0.481 e. The Bertz CT molecular complexity index is 302. The second kappa shape index (κ2) is 5.49. The zero-order valence-corrected chi connectivity index (χ0v) is 10.5. The van der Waals surface area contributed by atoms with Crippen LogP contribution < -0.4 is 11.1 Å². The molecule has 5 nitrogen and oxygen atoms in total. The van der Waals surface area contributed by atoms with Gasteiger partial charge in [0, 0.05) is 11.5 Å². The van der Waals surface area contributed by atoms with Gasteiger partial charge in [0.05, 0.1) is 6.42 Å². The van der Waals surface area contributed by atoms with Gasteiger partial charge in [0.2, 0.25) is 5.91 Å². The number of carboxylic acids is 1. The molecule has 5 heteroatoms. The van der Waals surface area contributed by atoms with Crippen LogP contribution in [0.3, 0.4) is 0 Å². The van der Waals surface area contributed by atoms with Gasteiger partial charge in [-0.1, -0.05) is 6.42 Å². The molecule has 1 saturated carbocycles. The van der Waals surface area contributed by atoms with E-state index < -0.39 is 11.5 Å². The first-order chi connectivity index (χ1) is 7.85. The van der Waals surface area contributed by atoms with Gasteiger partial charge < -0.3 is 16.2 Å². The third-order valence-corrected chi connectivity index (χ3v) is 3.35. The molecule has 0 bridgehead atoms. The number of rotatable bonds is 5. The molecule has 0 aromatic rings. The first-order valence-electron chi connectivity index (χ1n) is 6.09. The van der Waals surface area contributed by atoms with Crippen molar-refractivity contribution >= 4 is 11.9 Å². The van der Waals surface area contributed by atoms with Crippen molar-refractivity contribution in [2.75, 3.05) is 6.54 Å². The van der Waals surface area contributed by atoms with Crippen molar-refractivity contribution in [1.82, 2.24) is 5.32 Å². The highest BCUT2D eigenvalue weighted by molar-refractivity contribution is 5.81. The van der Waals surface area contributed by atoms with Crippen molar-refractivity contribution < 1.29 is 14.7 Å². The maximum Gasteiger partial charge on any atom is 0.305 e. The van der Waals surface area contributed by atoms with Crippen molar-refractivity contribution in [2.24, 2.45) is 17.6 Å². The summed E-state index contributed by atoms with van der Waals surface area (Å²) in [6.07, 6.45) is 2.81. The molecular weight excluding hydrogens is 220 g/mol. The van der Waals surface area contributed by atoms with E-state index in [1.165, 1.54) is 0 Å². The Morgan fingerprint density at radius 2 is 2.06 bits per heavy atom. The standard InChI is InChI=1S/C12H22N2O3/c1-12(2,6-10(15)16)14-11(17)9-5-3-4-8(9)7-13/h8-9H,3-7,13H2,1-2H3,(H,14,17)(H,15,16). The number of carbonyl (C=O) groups excluding carboxylic acids is 1. The molecule has 0 aliphatic heterocycles. The molecule has 0 aromatic carbocycles. The smallest absolute Gasteiger partial charge is 0.305 e. The van der Waals surface area contributed by atoms with E-state index in [0.29, 0.717) is 6.54 Å². The molecule has 0 heterocycles.